The zero-order chi connectivity index (χ0) is 17.5. The standard InChI is InChI=1S/C18H24ClN3O2/c1-11(23)22-6-4-13(5-7-22)18(2,3)17(24)15-9-14(19)8-12-10-20-21-16(12)15/h8-10,13,17,24H,4-7H2,1-3H3,(H,20,21). The molecule has 1 aromatic carbocycles. The first-order valence-corrected chi connectivity index (χ1v) is 8.74. The number of nitrogens with zero attached hydrogens (tertiary/aromatic N) is 2. The first-order chi connectivity index (χ1) is 11.3. The molecule has 0 aliphatic carbocycles. The van der Waals surface area contributed by atoms with Gasteiger partial charge in [-0.2, -0.15) is 5.10 Å². The second-order valence-electron chi connectivity index (χ2n) is 7.33. The first-order valence-electron chi connectivity index (χ1n) is 8.37. The number of aliphatic hydroxyl groups is 1. The highest BCUT2D eigenvalue weighted by Gasteiger charge is 2.40. The van der Waals surface area contributed by atoms with Gasteiger partial charge in [0, 0.05) is 36.0 Å². The number of hydrogen-bond acceptors (Lipinski definition) is 3. The van der Waals surface area contributed by atoms with Crippen molar-refractivity contribution in [1.29, 1.82) is 0 Å². The van der Waals surface area contributed by atoms with Gasteiger partial charge in [-0.1, -0.05) is 25.4 Å². The number of hydrogen-bond donors (Lipinski definition) is 2. The molecule has 1 unspecified atom stereocenters. The molecule has 0 saturated carbocycles. The maximum Gasteiger partial charge on any atom is 0.219 e. The number of carbonyl (C=O) groups excluding carboxylic acids is 1. The van der Waals surface area contributed by atoms with Gasteiger partial charge in [0.1, 0.15) is 0 Å². The predicted molar refractivity (Wildman–Crippen MR) is 94.8 cm³/mol. The molecule has 130 valence electrons. The summed E-state index contributed by atoms with van der Waals surface area (Å²) in [7, 11) is 0. The van der Waals surface area contributed by atoms with Crippen molar-refractivity contribution in [1.82, 2.24) is 15.1 Å². The van der Waals surface area contributed by atoms with Gasteiger partial charge in [0.05, 0.1) is 17.8 Å². The van der Waals surface area contributed by atoms with Crippen LogP contribution in [0.5, 0.6) is 0 Å². The molecule has 3 rings (SSSR count). The van der Waals surface area contributed by atoms with Gasteiger partial charge < -0.3 is 10.0 Å². The number of fused-ring (bicyclic) bond motifs is 1. The lowest BCUT2D eigenvalue weighted by Crippen LogP contribution is -2.42. The van der Waals surface area contributed by atoms with Crippen LogP contribution in [0.25, 0.3) is 10.9 Å². The van der Waals surface area contributed by atoms with Crippen molar-refractivity contribution in [2.24, 2.45) is 11.3 Å². The van der Waals surface area contributed by atoms with Crippen molar-refractivity contribution < 1.29 is 9.90 Å². The minimum absolute atomic E-state index is 0.126. The summed E-state index contributed by atoms with van der Waals surface area (Å²) in [6.45, 7) is 7.31. The number of likely N-dealkylation sites (tertiary alicyclic amines) is 1. The fourth-order valence-electron chi connectivity index (χ4n) is 3.83. The molecule has 1 atom stereocenters. The third kappa shape index (κ3) is 3.03. The second kappa shape index (κ2) is 6.37. The number of nitrogens with one attached hydrogen (secondary N) is 1. The maximum absolute atomic E-state index is 11.5. The van der Waals surface area contributed by atoms with Gasteiger partial charge in [0.15, 0.2) is 0 Å². The Hall–Kier alpha value is -1.59. The molecule has 0 radical (unpaired) electrons. The van der Waals surface area contributed by atoms with E-state index in [1.807, 2.05) is 17.0 Å². The zero-order valence-electron chi connectivity index (χ0n) is 14.3. The first kappa shape index (κ1) is 17.2. The molecule has 1 amide bonds. The van der Waals surface area contributed by atoms with Crippen LogP contribution >= 0.6 is 11.6 Å². The Morgan fingerprint density at radius 1 is 1.42 bits per heavy atom. The van der Waals surface area contributed by atoms with E-state index in [4.69, 9.17) is 11.6 Å². The Bertz CT molecular complexity index is 748. The summed E-state index contributed by atoms with van der Waals surface area (Å²) in [4.78, 5) is 13.4. The number of H-pyrrole nitrogens is 1. The van der Waals surface area contributed by atoms with Crippen LogP contribution in [0.4, 0.5) is 0 Å². The van der Waals surface area contributed by atoms with Gasteiger partial charge in [-0.25, -0.2) is 0 Å². The lowest BCUT2D eigenvalue weighted by molar-refractivity contribution is -0.131. The highest BCUT2D eigenvalue weighted by Crippen LogP contribution is 2.46. The normalized spacial score (nSPS) is 18.1. The predicted octanol–water partition coefficient (Wildman–Crippen LogP) is 3.53. The van der Waals surface area contributed by atoms with E-state index in [0.29, 0.717) is 10.9 Å². The number of rotatable bonds is 3. The highest BCUT2D eigenvalue weighted by atomic mass is 35.5. The summed E-state index contributed by atoms with van der Waals surface area (Å²) in [6, 6.07) is 3.66. The average molecular weight is 350 g/mol. The Labute approximate surface area is 147 Å². The molecule has 1 saturated heterocycles. The summed E-state index contributed by atoms with van der Waals surface area (Å²) < 4.78 is 0. The molecule has 2 N–H and O–H groups in total. The number of amides is 1. The van der Waals surface area contributed by atoms with Crippen molar-refractivity contribution >= 4 is 28.4 Å². The molecule has 24 heavy (non-hydrogen) atoms. The van der Waals surface area contributed by atoms with Gasteiger partial charge in [-0.15, -0.1) is 0 Å². The van der Waals surface area contributed by atoms with Crippen LogP contribution in [-0.4, -0.2) is 39.2 Å². The Kier molecular flexibility index (Phi) is 4.58. The summed E-state index contributed by atoms with van der Waals surface area (Å²) >= 11 is 6.22. The molecule has 2 heterocycles. The van der Waals surface area contributed by atoms with E-state index < -0.39 is 6.10 Å². The van der Waals surface area contributed by atoms with E-state index in [1.54, 1.807) is 13.1 Å². The molecule has 1 aromatic heterocycles. The molecule has 2 aromatic rings. The fourth-order valence-corrected chi connectivity index (χ4v) is 4.06. The van der Waals surface area contributed by atoms with Crippen LogP contribution in [0.2, 0.25) is 5.02 Å². The number of halogens is 1. The number of piperidine rings is 1. The third-order valence-corrected chi connectivity index (χ3v) is 5.75. The summed E-state index contributed by atoms with van der Waals surface area (Å²) in [5.74, 6) is 0.459. The molecular formula is C18H24ClN3O2. The van der Waals surface area contributed by atoms with Crippen LogP contribution in [-0.2, 0) is 4.79 Å². The molecule has 5 nitrogen and oxygen atoms in total. The van der Waals surface area contributed by atoms with E-state index in [9.17, 15) is 9.90 Å². The number of aliphatic hydroxyl groups excluding tert-OH is 1. The molecule has 1 aliphatic rings. The maximum atomic E-state index is 11.5. The van der Waals surface area contributed by atoms with E-state index in [0.717, 1.165) is 42.4 Å². The molecular weight excluding hydrogens is 326 g/mol. The van der Waals surface area contributed by atoms with Crippen molar-refractivity contribution in [2.45, 2.75) is 39.7 Å². The second-order valence-corrected chi connectivity index (χ2v) is 7.77. The molecule has 1 aliphatic heterocycles. The largest absolute Gasteiger partial charge is 0.388 e. The van der Waals surface area contributed by atoms with E-state index in [1.165, 1.54) is 0 Å². The number of benzene rings is 1. The Morgan fingerprint density at radius 3 is 2.71 bits per heavy atom. The summed E-state index contributed by atoms with van der Waals surface area (Å²) in [6.07, 6.45) is 2.86. The van der Waals surface area contributed by atoms with Crippen molar-refractivity contribution in [3.63, 3.8) is 0 Å². The molecule has 6 heteroatoms. The van der Waals surface area contributed by atoms with Crippen molar-refractivity contribution in [2.75, 3.05) is 13.1 Å². The highest BCUT2D eigenvalue weighted by molar-refractivity contribution is 6.31. The van der Waals surface area contributed by atoms with Crippen molar-refractivity contribution in [3.05, 3.63) is 28.9 Å². The molecule has 0 spiro atoms. The lowest BCUT2D eigenvalue weighted by atomic mass is 9.68. The lowest BCUT2D eigenvalue weighted by Gasteiger charge is -2.43. The topological polar surface area (TPSA) is 69.2 Å². The average Bonchev–Trinajstić information content (AvgIpc) is 3.01. The van der Waals surface area contributed by atoms with Crippen LogP contribution in [0.1, 0.15) is 45.3 Å². The smallest absolute Gasteiger partial charge is 0.219 e. The van der Waals surface area contributed by atoms with E-state index in [-0.39, 0.29) is 11.3 Å². The summed E-state index contributed by atoms with van der Waals surface area (Å²) in [5, 5.41) is 19.7. The quantitative estimate of drug-likeness (QED) is 0.890. The number of carbonyl (C=O) groups is 1. The molecule has 0 bridgehead atoms. The van der Waals surface area contributed by atoms with E-state index in [2.05, 4.69) is 24.0 Å². The minimum atomic E-state index is -0.659. The van der Waals surface area contributed by atoms with Gasteiger partial charge >= 0.3 is 0 Å². The zero-order valence-corrected chi connectivity index (χ0v) is 15.1. The van der Waals surface area contributed by atoms with Crippen molar-refractivity contribution in [3.8, 4) is 0 Å². The number of aromatic amines is 1. The van der Waals surface area contributed by atoms with Gasteiger partial charge in [0.2, 0.25) is 5.91 Å². The fraction of sp³-hybridized carbons (Fsp3) is 0.556. The van der Waals surface area contributed by atoms with Crippen LogP contribution in [0, 0.1) is 11.3 Å². The SMILES string of the molecule is CC(=O)N1CCC(C(C)(C)C(O)c2cc(Cl)cc3cn[nH]c23)CC1. The third-order valence-electron chi connectivity index (χ3n) is 5.54. The van der Waals surface area contributed by atoms with Crippen LogP contribution < -0.4 is 0 Å². The van der Waals surface area contributed by atoms with Crippen LogP contribution in [0.15, 0.2) is 18.3 Å². The van der Waals surface area contributed by atoms with Gasteiger partial charge in [-0.05, 0) is 36.3 Å². The van der Waals surface area contributed by atoms with E-state index >= 15 is 0 Å². The Morgan fingerprint density at radius 2 is 2.08 bits per heavy atom. The number of aromatic nitrogens is 2. The van der Waals surface area contributed by atoms with Gasteiger partial charge in [0.25, 0.3) is 0 Å². The van der Waals surface area contributed by atoms with Gasteiger partial charge in [-0.3, -0.25) is 9.89 Å². The summed E-state index contributed by atoms with van der Waals surface area (Å²) in [5.41, 5.74) is 1.29. The monoisotopic (exact) mass is 349 g/mol. The molecule has 1 fully saturated rings. The van der Waals surface area contributed by atoms with Crippen LogP contribution in [0.3, 0.4) is 0 Å². The minimum Gasteiger partial charge on any atom is -0.388 e. The Balaban J connectivity index is 1.86.